The minimum absolute atomic E-state index is 0.115. The molecule has 1 fully saturated rings. The summed E-state index contributed by atoms with van der Waals surface area (Å²) in [4.78, 5) is 11.7. The largest absolute Gasteiger partial charge is 0.467 e. The maximum atomic E-state index is 11.7. The van der Waals surface area contributed by atoms with E-state index in [0.717, 1.165) is 29.9 Å². The molecule has 20 heavy (non-hydrogen) atoms. The highest BCUT2D eigenvalue weighted by atomic mass is 16.3. The van der Waals surface area contributed by atoms with Crippen molar-refractivity contribution in [1.82, 2.24) is 5.32 Å². The highest BCUT2D eigenvalue weighted by Crippen LogP contribution is 2.19. The molecule has 1 amide bonds. The molecule has 0 unspecified atom stereocenters. The molecule has 2 N–H and O–H groups in total. The third-order valence-electron chi connectivity index (χ3n) is 3.31. The molecule has 0 spiro atoms. The van der Waals surface area contributed by atoms with Gasteiger partial charge in [-0.15, -0.1) is 0 Å². The fourth-order valence-corrected chi connectivity index (χ4v) is 2.03. The Morgan fingerprint density at radius 3 is 2.65 bits per heavy atom. The van der Waals surface area contributed by atoms with Gasteiger partial charge in [0.15, 0.2) is 0 Å². The van der Waals surface area contributed by atoms with Gasteiger partial charge in [0.25, 0.3) is 0 Å². The van der Waals surface area contributed by atoms with E-state index in [0.29, 0.717) is 19.0 Å². The summed E-state index contributed by atoms with van der Waals surface area (Å²) in [5.74, 6) is 1.02. The van der Waals surface area contributed by atoms with Crippen molar-refractivity contribution >= 4 is 11.6 Å². The lowest BCUT2D eigenvalue weighted by molar-refractivity contribution is -0.120. The SMILES string of the molecule is O=C(Cc1ccc(NCc2ccco2)cc1)NC1CC1. The van der Waals surface area contributed by atoms with Crippen LogP contribution in [0.25, 0.3) is 0 Å². The van der Waals surface area contributed by atoms with E-state index >= 15 is 0 Å². The van der Waals surface area contributed by atoms with Gasteiger partial charge in [0.1, 0.15) is 5.76 Å². The van der Waals surface area contributed by atoms with Crippen LogP contribution in [-0.4, -0.2) is 11.9 Å². The van der Waals surface area contributed by atoms with Gasteiger partial charge in [0.05, 0.1) is 19.2 Å². The number of benzene rings is 1. The molecule has 4 heteroatoms. The molecule has 1 aliphatic rings. The van der Waals surface area contributed by atoms with Crippen LogP contribution in [0.1, 0.15) is 24.2 Å². The maximum absolute atomic E-state index is 11.7. The Labute approximate surface area is 118 Å². The molecule has 0 atom stereocenters. The van der Waals surface area contributed by atoms with Crippen LogP contribution in [-0.2, 0) is 17.8 Å². The highest BCUT2D eigenvalue weighted by Gasteiger charge is 2.22. The van der Waals surface area contributed by atoms with E-state index in [1.807, 2.05) is 36.4 Å². The molecule has 2 aromatic rings. The first kappa shape index (κ1) is 12.8. The van der Waals surface area contributed by atoms with E-state index in [2.05, 4.69) is 10.6 Å². The average molecular weight is 270 g/mol. The van der Waals surface area contributed by atoms with Crippen molar-refractivity contribution in [3.05, 3.63) is 54.0 Å². The van der Waals surface area contributed by atoms with Gasteiger partial charge < -0.3 is 15.1 Å². The number of anilines is 1. The van der Waals surface area contributed by atoms with Crippen LogP contribution in [0.3, 0.4) is 0 Å². The third kappa shape index (κ3) is 3.63. The van der Waals surface area contributed by atoms with Gasteiger partial charge in [-0.05, 0) is 42.7 Å². The second-order valence-electron chi connectivity index (χ2n) is 5.15. The number of hydrogen-bond donors (Lipinski definition) is 2. The molecule has 0 bridgehead atoms. The smallest absolute Gasteiger partial charge is 0.224 e. The number of rotatable bonds is 6. The Bertz CT molecular complexity index is 557. The molecule has 0 saturated heterocycles. The molecule has 1 heterocycles. The van der Waals surface area contributed by atoms with E-state index < -0.39 is 0 Å². The molecular formula is C16H18N2O2. The summed E-state index contributed by atoms with van der Waals surface area (Å²) in [6.45, 7) is 0.661. The van der Waals surface area contributed by atoms with Gasteiger partial charge in [-0.2, -0.15) is 0 Å². The Hall–Kier alpha value is -2.23. The number of nitrogens with one attached hydrogen (secondary N) is 2. The van der Waals surface area contributed by atoms with Crippen LogP contribution in [0.2, 0.25) is 0 Å². The summed E-state index contributed by atoms with van der Waals surface area (Å²) >= 11 is 0. The van der Waals surface area contributed by atoms with Crippen LogP contribution >= 0.6 is 0 Å². The third-order valence-corrected chi connectivity index (χ3v) is 3.31. The van der Waals surface area contributed by atoms with Crippen molar-refractivity contribution in [2.75, 3.05) is 5.32 Å². The topological polar surface area (TPSA) is 54.3 Å². The van der Waals surface area contributed by atoms with E-state index in [-0.39, 0.29) is 5.91 Å². The molecule has 4 nitrogen and oxygen atoms in total. The number of carbonyl (C=O) groups is 1. The molecule has 0 aliphatic heterocycles. The lowest BCUT2D eigenvalue weighted by Gasteiger charge is -2.07. The molecule has 1 aromatic carbocycles. The summed E-state index contributed by atoms with van der Waals surface area (Å²) in [5, 5.41) is 6.27. The first-order chi connectivity index (χ1) is 9.79. The van der Waals surface area contributed by atoms with Gasteiger partial charge >= 0.3 is 0 Å². The zero-order valence-electron chi connectivity index (χ0n) is 11.3. The molecule has 104 valence electrons. The first-order valence-electron chi connectivity index (χ1n) is 6.94. The number of hydrogen-bond acceptors (Lipinski definition) is 3. The van der Waals surface area contributed by atoms with Gasteiger partial charge in [-0.25, -0.2) is 0 Å². The standard InChI is InChI=1S/C16H18N2O2/c19-16(18-14-7-8-14)10-12-3-5-13(6-4-12)17-11-15-2-1-9-20-15/h1-6,9,14,17H,7-8,10-11H2,(H,18,19). The Kier molecular flexibility index (Phi) is 3.72. The highest BCUT2D eigenvalue weighted by molar-refractivity contribution is 5.79. The number of carbonyl (C=O) groups excluding carboxylic acids is 1. The fraction of sp³-hybridized carbons (Fsp3) is 0.312. The normalized spacial score (nSPS) is 14.0. The summed E-state index contributed by atoms with van der Waals surface area (Å²) < 4.78 is 5.26. The van der Waals surface area contributed by atoms with Crippen molar-refractivity contribution in [1.29, 1.82) is 0 Å². The van der Waals surface area contributed by atoms with E-state index in [1.165, 1.54) is 0 Å². The zero-order chi connectivity index (χ0) is 13.8. The van der Waals surface area contributed by atoms with Gasteiger partial charge in [0.2, 0.25) is 5.91 Å². The Morgan fingerprint density at radius 2 is 2.00 bits per heavy atom. The molecule has 1 saturated carbocycles. The fourth-order valence-electron chi connectivity index (χ4n) is 2.03. The van der Waals surface area contributed by atoms with Crippen LogP contribution < -0.4 is 10.6 Å². The molecular weight excluding hydrogens is 252 g/mol. The molecule has 3 rings (SSSR count). The van der Waals surface area contributed by atoms with Crippen LogP contribution in [0.15, 0.2) is 47.1 Å². The van der Waals surface area contributed by atoms with E-state index in [4.69, 9.17) is 4.42 Å². The average Bonchev–Trinajstić information content (AvgIpc) is 3.10. The minimum Gasteiger partial charge on any atom is -0.467 e. The van der Waals surface area contributed by atoms with Crippen molar-refractivity contribution in [2.24, 2.45) is 0 Å². The van der Waals surface area contributed by atoms with E-state index in [1.54, 1.807) is 6.26 Å². The lowest BCUT2D eigenvalue weighted by atomic mass is 10.1. The second-order valence-corrected chi connectivity index (χ2v) is 5.15. The number of amides is 1. The quantitative estimate of drug-likeness (QED) is 0.848. The lowest BCUT2D eigenvalue weighted by Crippen LogP contribution is -2.26. The van der Waals surface area contributed by atoms with Gasteiger partial charge in [-0.3, -0.25) is 4.79 Å². The van der Waals surface area contributed by atoms with Gasteiger partial charge in [-0.1, -0.05) is 12.1 Å². The van der Waals surface area contributed by atoms with Crippen LogP contribution in [0.4, 0.5) is 5.69 Å². The monoisotopic (exact) mass is 270 g/mol. The van der Waals surface area contributed by atoms with Crippen molar-refractivity contribution < 1.29 is 9.21 Å². The van der Waals surface area contributed by atoms with Crippen molar-refractivity contribution in [3.8, 4) is 0 Å². The maximum Gasteiger partial charge on any atom is 0.224 e. The molecule has 0 radical (unpaired) electrons. The second kappa shape index (κ2) is 5.82. The summed E-state index contributed by atoms with van der Waals surface area (Å²) in [6, 6.07) is 12.2. The first-order valence-corrected chi connectivity index (χ1v) is 6.94. The van der Waals surface area contributed by atoms with Crippen molar-refractivity contribution in [3.63, 3.8) is 0 Å². The number of furan rings is 1. The zero-order valence-corrected chi connectivity index (χ0v) is 11.3. The predicted molar refractivity (Wildman–Crippen MR) is 77.3 cm³/mol. The predicted octanol–water partition coefficient (Wildman–Crippen LogP) is 2.71. The van der Waals surface area contributed by atoms with Crippen LogP contribution in [0, 0.1) is 0 Å². The molecule has 1 aromatic heterocycles. The van der Waals surface area contributed by atoms with Gasteiger partial charge in [0, 0.05) is 11.7 Å². The minimum atomic E-state index is 0.115. The summed E-state index contributed by atoms with van der Waals surface area (Å²) in [6.07, 6.45) is 4.37. The van der Waals surface area contributed by atoms with E-state index in [9.17, 15) is 4.79 Å². The summed E-state index contributed by atoms with van der Waals surface area (Å²) in [5.41, 5.74) is 2.06. The summed E-state index contributed by atoms with van der Waals surface area (Å²) in [7, 11) is 0. The molecule has 1 aliphatic carbocycles. The van der Waals surface area contributed by atoms with Crippen molar-refractivity contribution in [2.45, 2.75) is 31.8 Å². The van der Waals surface area contributed by atoms with Crippen LogP contribution in [0.5, 0.6) is 0 Å². The Morgan fingerprint density at radius 1 is 1.20 bits per heavy atom. The Balaban J connectivity index is 1.49.